The molecule has 0 fully saturated rings. The molecule has 1 heterocycles. The molecular formula is C13H18ClN3O. The van der Waals surface area contributed by atoms with Crippen molar-refractivity contribution in [3.63, 3.8) is 0 Å². The van der Waals surface area contributed by atoms with Crippen LogP contribution in [0.1, 0.15) is 11.3 Å². The molecule has 0 saturated carbocycles. The fourth-order valence-corrected chi connectivity index (χ4v) is 1.75. The van der Waals surface area contributed by atoms with Gasteiger partial charge in [-0.3, -0.25) is 4.68 Å². The first-order valence-corrected chi connectivity index (χ1v) is 5.56. The predicted molar refractivity (Wildman–Crippen MR) is 75.5 cm³/mol. The van der Waals surface area contributed by atoms with E-state index in [1.165, 1.54) is 5.56 Å². The number of methoxy groups -OCH3 is 1. The van der Waals surface area contributed by atoms with Crippen LogP contribution >= 0.6 is 12.4 Å². The van der Waals surface area contributed by atoms with E-state index in [4.69, 9.17) is 4.74 Å². The fraction of sp³-hybridized carbons (Fsp3) is 0.308. The van der Waals surface area contributed by atoms with Crippen molar-refractivity contribution in [3.8, 4) is 5.75 Å². The molecule has 0 aliphatic carbocycles. The first kappa shape index (κ1) is 14.4. The number of rotatable bonds is 4. The minimum absolute atomic E-state index is 0. The number of ether oxygens (including phenoxy) is 1. The van der Waals surface area contributed by atoms with Gasteiger partial charge in [0.25, 0.3) is 0 Å². The van der Waals surface area contributed by atoms with Crippen molar-refractivity contribution in [3.05, 3.63) is 41.7 Å². The van der Waals surface area contributed by atoms with Crippen LogP contribution in [0.3, 0.4) is 0 Å². The molecule has 0 atom stereocenters. The lowest BCUT2D eigenvalue weighted by atomic mass is 10.2. The van der Waals surface area contributed by atoms with Gasteiger partial charge in [0.1, 0.15) is 5.75 Å². The molecule has 0 bridgehead atoms. The average Bonchev–Trinajstić information content (AvgIpc) is 2.65. The Morgan fingerprint density at radius 1 is 1.39 bits per heavy atom. The van der Waals surface area contributed by atoms with Gasteiger partial charge in [-0.05, 0) is 24.6 Å². The van der Waals surface area contributed by atoms with Crippen LogP contribution in [0.25, 0.3) is 0 Å². The van der Waals surface area contributed by atoms with Crippen LogP contribution in [0.2, 0.25) is 0 Å². The second kappa shape index (κ2) is 6.31. The van der Waals surface area contributed by atoms with Gasteiger partial charge in [0.05, 0.1) is 18.5 Å². The van der Waals surface area contributed by atoms with Crippen molar-refractivity contribution in [1.29, 1.82) is 0 Å². The van der Waals surface area contributed by atoms with Gasteiger partial charge in [0.2, 0.25) is 0 Å². The van der Waals surface area contributed by atoms with Crippen molar-refractivity contribution in [1.82, 2.24) is 9.78 Å². The molecule has 0 aliphatic rings. The van der Waals surface area contributed by atoms with Gasteiger partial charge >= 0.3 is 0 Å². The Kier molecular flexibility index (Phi) is 5.04. The van der Waals surface area contributed by atoms with Crippen LogP contribution in [-0.2, 0) is 13.6 Å². The monoisotopic (exact) mass is 267 g/mol. The lowest BCUT2D eigenvalue weighted by Gasteiger charge is -2.06. The molecule has 0 aliphatic heterocycles. The SMILES string of the molecule is COc1cccc(CNc2cn(C)nc2C)c1.Cl. The predicted octanol–water partition coefficient (Wildman–Crippen LogP) is 2.77. The molecule has 0 amide bonds. The van der Waals surface area contributed by atoms with E-state index >= 15 is 0 Å². The molecule has 1 aromatic heterocycles. The highest BCUT2D eigenvalue weighted by atomic mass is 35.5. The number of hydrogen-bond acceptors (Lipinski definition) is 3. The highest BCUT2D eigenvalue weighted by Crippen LogP contribution is 2.16. The molecule has 0 radical (unpaired) electrons. The van der Waals surface area contributed by atoms with Gasteiger partial charge in [-0.2, -0.15) is 5.10 Å². The molecule has 5 heteroatoms. The highest BCUT2D eigenvalue weighted by Gasteiger charge is 2.02. The Hall–Kier alpha value is -1.68. The Bertz CT molecular complexity index is 511. The first-order valence-electron chi connectivity index (χ1n) is 5.56. The van der Waals surface area contributed by atoms with Gasteiger partial charge < -0.3 is 10.1 Å². The van der Waals surface area contributed by atoms with E-state index in [9.17, 15) is 0 Å². The zero-order chi connectivity index (χ0) is 12.3. The smallest absolute Gasteiger partial charge is 0.119 e. The summed E-state index contributed by atoms with van der Waals surface area (Å²) in [4.78, 5) is 0. The van der Waals surface area contributed by atoms with Crippen molar-refractivity contribution >= 4 is 18.1 Å². The van der Waals surface area contributed by atoms with Crippen molar-refractivity contribution in [2.75, 3.05) is 12.4 Å². The van der Waals surface area contributed by atoms with E-state index in [2.05, 4.69) is 16.5 Å². The third kappa shape index (κ3) is 3.40. The van der Waals surface area contributed by atoms with Crippen LogP contribution < -0.4 is 10.1 Å². The van der Waals surface area contributed by atoms with Crippen molar-refractivity contribution in [2.24, 2.45) is 7.05 Å². The van der Waals surface area contributed by atoms with E-state index < -0.39 is 0 Å². The zero-order valence-electron chi connectivity index (χ0n) is 10.8. The second-order valence-corrected chi connectivity index (χ2v) is 4.01. The molecule has 0 saturated heterocycles. The van der Waals surface area contributed by atoms with Crippen LogP contribution in [0, 0.1) is 6.92 Å². The summed E-state index contributed by atoms with van der Waals surface area (Å²) in [6.07, 6.45) is 1.98. The Morgan fingerprint density at radius 3 is 2.78 bits per heavy atom. The van der Waals surface area contributed by atoms with Crippen molar-refractivity contribution in [2.45, 2.75) is 13.5 Å². The highest BCUT2D eigenvalue weighted by molar-refractivity contribution is 5.85. The Balaban J connectivity index is 0.00000162. The zero-order valence-corrected chi connectivity index (χ0v) is 11.6. The number of nitrogens with one attached hydrogen (secondary N) is 1. The normalized spacial score (nSPS) is 9.72. The molecule has 0 unspecified atom stereocenters. The molecule has 98 valence electrons. The summed E-state index contributed by atoms with van der Waals surface area (Å²) in [6.45, 7) is 2.76. The molecule has 2 aromatic rings. The summed E-state index contributed by atoms with van der Waals surface area (Å²) < 4.78 is 7.00. The lowest BCUT2D eigenvalue weighted by molar-refractivity contribution is 0.414. The summed E-state index contributed by atoms with van der Waals surface area (Å²) >= 11 is 0. The summed E-state index contributed by atoms with van der Waals surface area (Å²) in [5, 5.41) is 7.65. The number of nitrogens with zero attached hydrogens (tertiary/aromatic N) is 2. The van der Waals surface area contributed by atoms with Gasteiger partial charge in [-0.15, -0.1) is 12.4 Å². The maximum absolute atomic E-state index is 5.19. The summed E-state index contributed by atoms with van der Waals surface area (Å²) in [5.74, 6) is 0.882. The standard InChI is InChI=1S/C13H17N3O.ClH/c1-10-13(9-16(2)15-10)14-8-11-5-4-6-12(7-11)17-3;/h4-7,9,14H,8H2,1-3H3;1H. The minimum Gasteiger partial charge on any atom is -0.497 e. The number of halogens is 1. The van der Waals surface area contributed by atoms with E-state index in [0.717, 1.165) is 23.7 Å². The summed E-state index contributed by atoms with van der Waals surface area (Å²) in [7, 11) is 3.60. The van der Waals surface area contributed by atoms with Gasteiger partial charge in [0, 0.05) is 19.8 Å². The van der Waals surface area contributed by atoms with E-state index in [-0.39, 0.29) is 12.4 Å². The maximum atomic E-state index is 5.19. The van der Waals surface area contributed by atoms with Gasteiger partial charge in [-0.1, -0.05) is 12.1 Å². The number of hydrogen-bond donors (Lipinski definition) is 1. The number of anilines is 1. The molecule has 2 rings (SSSR count). The van der Waals surface area contributed by atoms with E-state index in [1.807, 2.05) is 43.0 Å². The van der Waals surface area contributed by atoms with Gasteiger partial charge in [0.15, 0.2) is 0 Å². The molecule has 0 spiro atoms. The van der Waals surface area contributed by atoms with Crippen molar-refractivity contribution < 1.29 is 4.74 Å². The number of benzene rings is 1. The molecule has 1 N–H and O–H groups in total. The van der Waals surface area contributed by atoms with Crippen LogP contribution in [0.15, 0.2) is 30.5 Å². The minimum atomic E-state index is 0. The molecule has 1 aromatic carbocycles. The third-order valence-electron chi connectivity index (χ3n) is 2.63. The summed E-state index contributed by atoms with van der Waals surface area (Å²) in [6, 6.07) is 8.03. The fourth-order valence-electron chi connectivity index (χ4n) is 1.75. The van der Waals surface area contributed by atoms with Crippen LogP contribution in [0.5, 0.6) is 5.75 Å². The third-order valence-corrected chi connectivity index (χ3v) is 2.63. The molecule has 4 nitrogen and oxygen atoms in total. The maximum Gasteiger partial charge on any atom is 0.119 e. The van der Waals surface area contributed by atoms with Crippen LogP contribution in [-0.4, -0.2) is 16.9 Å². The Labute approximate surface area is 113 Å². The molecular weight excluding hydrogens is 250 g/mol. The van der Waals surface area contributed by atoms with Gasteiger partial charge in [-0.25, -0.2) is 0 Å². The lowest BCUT2D eigenvalue weighted by Crippen LogP contribution is -1.99. The largest absolute Gasteiger partial charge is 0.497 e. The first-order chi connectivity index (χ1) is 8.19. The summed E-state index contributed by atoms with van der Waals surface area (Å²) in [5.41, 5.74) is 3.26. The number of aromatic nitrogens is 2. The quantitative estimate of drug-likeness (QED) is 0.926. The van der Waals surface area contributed by atoms with Crippen LogP contribution in [0.4, 0.5) is 5.69 Å². The average molecular weight is 268 g/mol. The molecule has 18 heavy (non-hydrogen) atoms. The number of aryl methyl sites for hydroxylation is 2. The Morgan fingerprint density at radius 2 is 2.17 bits per heavy atom. The second-order valence-electron chi connectivity index (χ2n) is 4.01. The topological polar surface area (TPSA) is 39.1 Å². The van der Waals surface area contributed by atoms with E-state index in [0.29, 0.717) is 0 Å². The van der Waals surface area contributed by atoms with E-state index in [1.54, 1.807) is 7.11 Å².